The summed E-state index contributed by atoms with van der Waals surface area (Å²) in [6, 6.07) is 9.48. The van der Waals surface area contributed by atoms with Crippen LogP contribution < -0.4 is 5.32 Å². The number of benzene rings is 1. The van der Waals surface area contributed by atoms with Gasteiger partial charge in [0.25, 0.3) is 0 Å². The van der Waals surface area contributed by atoms with E-state index in [0.717, 1.165) is 49.1 Å². The maximum atomic E-state index is 13.9. The Morgan fingerprint density at radius 2 is 1.77 bits per heavy atom. The topological polar surface area (TPSA) is 102 Å². The first-order chi connectivity index (χ1) is 18.9. The average molecular weight is 568 g/mol. The zero-order valence-corrected chi connectivity index (χ0v) is 24.6. The smallest absolute Gasteiger partial charge is 0.249 e. The number of H-pyrrole nitrogens is 1. The number of amides is 2. The minimum Gasteiger partial charge on any atom is -0.390 e. The van der Waals surface area contributed by atoms with Gasteiger partial charge in [-0.3, -0.25) is 19.6 Å². The maximum Gasteiger partial charge on any atom is 0.249 e. The maximum absolute atomic E-state index is 13.9. The number of nitrogens with zero attached hydrogens (tertiary/aromatic N) is 3. The Kier molecular flexibility index (Phi) is 9.60. The van der Waals surface area contributed by atoms with Crippen molar-refractivity contribution < 1.29 is 14.7 Å². The van der Waals surface area contributed by atoms with Crippen LogP contribution >= 0.6 is 12.4 Å². The summed E-state index contributed by atoms with van der Waals surface area (Å²) in [5.41, 5.74) is 3.36. The second-order valence-corrected chi connectivity index (χ2v) is 11.4. The second kappa shape index (κ2) is 12.8. The largest absolute Gasteiger partial charge is 0.390 e. The molecule has 0 bridgehead atoms. The number of hydrogen-bond acceptors (Lipinski definition) is 5. The van der Waals surface area contributed by atoms with Crippen molar-refractivity contribution in [2.45, 2.75) is 89.4 Å². The van der Waals surface area contributed by atoms with E-state index in [1.54, 1.807) is 11.8 Å². The molecular weight excluding hydrogens is 526 g/mol. The van der Waals surface area contributed by atoms with Gasteiger partial charge in [0.2, 0.25) is 11.8 Å². The van der Waals surface area contributed by atoms with Gasteiger partial charge in [-0.05, 0) is 57.9 Å². The molecule has 1 saturated carbocycles. The second-order valence-electron chi connectivity index (χ2n) is 11.4. The molecule has 2 aromatic rings. The van der Waals surface area contributed by atoms with Crippen molar-refractivity contribution in [1.82, 2.24) is 25.3 Å². The summed E-state index contributed by atoms with van der Waals surface area (Å²) in [5, 5.41) is 21.8. The molecule has 40 heavy (non-hydrogen) atoms. The first kappa shape index (κ1) is 30.1. The molecule has 5 rings (SSSR count). The monoisotopic (exact) mass is 567 g/mol. The number of carbonyl (C=O) groups excluding carboxylic acids is 2. The molecule has 1 spiro atoms. The van der Waals surface area contributed by atoms with Gasteiger partial charge in [-0.25, -0.2) is 0 Å². The van der Waals surface area contributed by atoms with Crippen LogP contribution in [0.1, 0.15) is 80.4 Å². The fraction of sp³-hybridized carbons (Fsp3) is 0.581. The molecule has 1 aliphatic carbocycles. The van der Waals surface area contributed by atoms with E-state index in [4.69, 9.17) is 0 Å². The molecule has 3 fully saturated rings. The van der Waals surface area contributed by atoms with Gasteiger partial charge in [-0.15, -0.1) is 18.3 Å². The summed E-state index contributed by atoms with van der Waals surface area (Å²) >= 11 is 0. The lowest BCUT2D eigenvalue weighted by Crippen LogP contribution is -2.75. The number of likely N-dealkylation sites (tertiary alicyclic amines) is 1. The summed E-state index contributed by atoms with van der Waals surface area (Å²) in [6.45, 7) is 7.28. The minimum atomic E-state index is -0.970. The third kappa shape index (κ3) is 5.52. The van der Waals surface area contributed by atoms with Gasteiger partial charge in [-0.1, -0.05) is 55.5 Å². The Bertz CT molecular complexity index is 1220. The van der Waals surface area contributed by atoms with Crippen LogP contribution in [-0.2, 0) is 9.59 Å². The normalized spacial score (nSPS) is 23.1. The quantitative estimate of drug-likeness (QED) is 0.462. The van der Waals surface area contributed by atoms with Crippen molar-refractivity contribution in [3.8, 4) is 11.8 Å². The number of aromatic nitrogens is 2. The van der Waals surface area contributed by atoms with E-state index in [2.05, 4.69) is 56.5 Å². The van der Waals surface area contributed by atoms with Crippen molar-refractivity contribution in [1.29, 1.82) is 0 Å². The van der Waals surface area contributed by atoms with Crippen LogP contribution in [0.25, 0.3) is 0 Å². The van der Waals surface area contributed by atoms with Crippen molar-refractivity contribution in [3.05, 3.63) is 52.8 Å². The molecule has 1 unspecified atom stereocenters. The van der Waals surface area contributed by atoms with Crippen LogP contribution in [0.4, 0.5) is 0 Å². The SMILES string of the molecule is CC#CCN1C(=O)[C@H]([C@@H](O)C2CCCCC2)NC(=O)C12CCN(C(c1ccccc1)c1c(C)n[nH]c1C)CC2.Cl. The summed E-state index contributed by atoms with van der Waals surface area (Å²) in [5.74, 6) is 5.62. The van der Waals surface area contributed by atoms with Crippen molar-refractivity contribution in [3.63, 3.8) is 0 Å². The van der Waals surface area contributed by atoms with Crippen molar-refractivity contribution >= 4 is 24.2 Å². The molecule has 2 saturated heterocycles. The van der Waals surface area contributed by atoms with Gasteiger partial charge in [0.15, 0.2) is 0 Å². The summed E-state index contributed by atoms with van der Waals surface area (Å²) < 4.78 is 0. The van der Waals surface area contributed by atoms with E-state index in [1.165, 1.54) is 5.56 Å². The summed E-state index contributed by atoms with van der Waals surface area (Å²) in [4.78, 5) is 31.9. The number of aliphatic hydroxyl groups is 1. The molecule has 2 aliphatic heterocycles. The number of hydrogen-bond donors (Lipinski definition) is 3. The fourth-order valence-corrected chi connectivity index (χ4v) is 7.01. The van der Waals surface area contributed by atoms with Gasteiger partial charge in [0, 0.05) is 24.3 Å². The van der Waals surface area contributed by atoms with Gasteiger partial charge >= 0.3 is 0 Å². The molecule has 3 atom stereocenters. The number of piperidine rings is 1. The molecule has 2 amide bonds. The summed E-state index contributed by atoms with van der Waals surface area (Å²) in [7, 11) is 0. The van der Waals surface area contributed by atoms with Crippen LogP contribution in [-0.4, -0.2) is 74.2 Å². The number of aryl methyl sites for hydroxylation is 2. The molecule has 216 valence electrons. The Labute approximate surface area is 243 Å². The highest BCUT2D eigenvalue weighted by molar-refractivity contribution is 6.00. The third-order valence-electron chi connectivity index (χ3n) is 9.21. The molecule has 0 radical (unpaired) electrons. The predicted octanol–water partition coefficient (Wildman–Crippen LogP) is 3.66. The summed E-state index contributed by atoms with van der Waals surface area (Å²) in [6.07, 6.45) is 5.19. The highest BCUT2D eigenvalue weighted by atomic mass is 35.5. The van der Waals surface area contributed by atoms with Gasteiger partial charge < -0.3 is 15.3 Å². The third-order valence-corrected chi connectivity index (χ3v) is 9.21. The van der Waals surface area contributed by atoms with E-state index >= 15 is 0 Å². The standard InChI is InChI=1S/C31H41N5O3.ClH/c1-4-5-18-36-29(38)26(28(37)24-14-10-7-11-15-24)32-30(39)31(36)16-19-35(20-17-31)27(23-12-8-6-9-13-23)25-21(2)33-34-22(25)3;/h6,8-9,12-13,24,26-28,37H,7,10-11,14-20H2,1-3H3,(H,32,39)(H,33,34);1H/t26-,27?,28-;/m0./s1. The molecule has 3 heterocycles. The van der Waals surface area contributed by atoms with Crippen LogP contribution in [0.3, 0.4) is 0 Å². The number of nitrogens with one attached hydrogen (secondary N) is 2. The van der Waals surface area contributed by atoms with Gasteiger partial charge in [0.1, 0.15) is 11.6 Å². The zero-order valence-electron chi connectivity index (χ0n) is 23.8. The number of rotatable bonds is 6. The van der Waals surface area contributed by atoms with E-state index in [1.807, 2.05) is 19.9 Å². The van der Waals surface area contributed by atoms with E-state index in [-0.39, 0.29) is 42.7 Å². The lowest BCUT2D eigenvalue weighted by atomic mass is 9.77. The predicted molar refractivity (Wildman–Crippen MR) is 157 cm³/mol. The molecular formula is C31H42ClN5O3. The number of carbonyl (C=O) groups is 2. The Balaban J connectivity index is 0.00000370. The molecule has 1 aromatic carbocycles. The van der Waals surface area contributed by atoms with Crippen LogP contribution in [0.5, 0.6) is 0 Å². The Morgan fingerprint density at radius 1 is 1.10 bits per heavy atom. The molecule has 1 aromatic heterocycles. The molecule has 8 nitrogen and oxygen atoms in total. The molecule has 9 heteroatoms. The Hall–Kier alpha value is -2.86. The highest BCUT2D eigenvalue weighted by Crippen LogP contribution is 2.40. The molecule has 3 N–H and O–H groups in total. The minimum absolute atomic E-state index is 0. The van der Waals surface area contributed by atoms with Crippen molar-refractivity contribution in [2.75, 3.05) is 19.6 Å². The van der Waals surface area contributed by atoms with Crippen LogP contribution in [0, 0.1) is 31.6 Å². The van der Waals surface area contributed by atoms with Gasteiger partial charge in [-0.2, -0.15) is 5.10 Å². The molecule has 3 aliphatic rings. The number of aliphatic hydroxyl groups excluding tert-OH is 1. The lowest BCUT2D eigenvalue weighted by molar-refractivity contribution is -0.165. The fourth-order valence-electron chi connectivity index (χ4n) is 7.01. The number of halogens is 1. The number of piperazine rings is 1. The first-order valence-corrected chi connectivity index (χ1v) is 14.4. The van der Waals surface area contributed by atoms with Crippen LogP contribution in [0.2, 0.25) is 0 Å². The Morgan fingerprint density at radius 3 is 2.38 bits per heavy atom. The highest BCUT2D eigenvalue weighted by Gasteiger charge is 2.55. The van der Waals surface area contributed by atoms with E-state index < -0.39 is 17.7 Å². The number of aromatic amines is 1. The van der Waals surface area contributed by atoms with E-state index in [9.17, 15) is 14.7 Å². The average Bonchev–Trinajstić information content (AvgIpc) is 3.30. The lowest BCUT2D eigenvalue weighted by Gasteiger charge is -2.53. The van der Waals surface area contributed by atoms with E-state index in [0.29, 0.717) is 25.9 Å². The van der Waals surface area contributed by atoms with Crippen molar-refractivity contribution in [2.24, 2.45) is 5.92 Å². The van der Waals surface area contributed by atoms with Crippen LogP contribution in [0.15, 0.2) is 30.3 Å². The first-order valence-electron chi connectivity index (χ1n) is 14.4. The van der Waals surface area contributed by atoms with Gasteiger partial charge in [0.05, 0.1) is 24.4 Å². The zero-order chi connectivity index (χ0) is 27.6.